The minimum atomic E-state index is -3.93. The highest BCUT2D eigenvalue weighted by molar-refractivity contribution is 7.92. The fourth-order valence-electron chi connectivity index (χ4n) is 3.21. The molecule has 0 aliphatic rings. The summed E-state index contributed by atoms with van der Waals surface area (Å²) in [7, 11) is -3.93. The number of carbonyl (C=O) groups is 1. The fourth-order valence-corrected chi connectivity index (χ4v) is 4.32. The van der Waals surface area contributed by atoms with Crippen molar-refractivity contribution < 1.29 is 17.6 Å². The van der Waals surface area contributed by atoms with Gasteiger partial charge in [-0.15, -0.1) is 0 Å². The highest BCUT2D eigenvalue weighted by Gasteiger charge is 2.20. The van der Waals surface area contributed by atoms with Crippen molar-refractivity contribution in [3.8, 4) is 0 Å². The number of sulfonamides is 1. The van der Waals surface area contributed by atoms with Gasteiger partial charge in [-0.05, 0) is 60.4 Å². The molecule has 0 bridgehead atoms. The molecule has 0 aromatic heterocycles. The highest BCUT2D eigenvalue weighted by atomic mass is 32.2. The number of rotatable bonds is 8. The van der Waals surface area contributed by atoms with Gasteiger partial charge in [-0.25, -0.2) is 12.8 Å². The number of nitrogens with one attached hydrogen (secondary N) is 2. The van der Waals surface area contributed by atoms with E-state index in [9.17, 15) is 17.6 Å². The molecule has 7 heteroatoms. The number of hydrogen-bond donors (Lipinski definition) is 2. The zero-order valence-corrected chi connectivity index (χ0v) is 18.2. The van der Waals surface area contributed by atoms with E-state index in [4.69, 9.17) is 0 Å². The third-order valence-electron chi connectivity index (χ3n) is 4.72. The quantitative estimate of drug-likeness (QED) is 0.509. The van der Waals surface area contributed by atoms with Crippen LogP contribution in [0.25, 0.3) is 0 Å². The molecule has 2 N–H and O–H groups in total. The van der Waals surface area contributed by atoms with E-state index in [0.717, 1.165) is 12.0 Å². The van der Waals surface area contributed by atoms with Crippen LogP contribution >= 0.6 is 0 Å². The lowest BCUT2D eigenvalue weighted by Crippen LogP contribution is -2.29. The van der Waals surface area contributed by atoms with Gasteiger partial charge >= 0.3 is 0 Å². The Hall–Kier alpha value is -3.19. The van der Waals surface area contributed by atoms with E-state index in [2.05, 4.69) is 23.9 Å². The smallest absolute Gasteiger partial charge is 0.261 e. The van der Waals surface area contributed by atoms with Crippen LogP contribution in [-0.4, -0.2) is 14.3 Å². The average Bonchev–Trinajstić information content (AvgIpc) is 2.75. The van der Waals surface area contributed by atoms with Crippen molar-refractivity contribution in [2.45, 2.75) is 31.2 Å². The van der Waals surface area contributed by atoms with Crippen LogP contribution in [0.5, 0.6) is 0 Å². The van der Waals surface area contributed by atoms with Crippen molar-refractivity contribution in [2.75, 3.05) is 4.72 Å². The van der Waals surface area contributed by atoms with Gasteiger partial charge in [0.1, 0.15) is 5.82 Å². The Morgan fingerprint density at radius 1 is 0.935 bits per heavy atom. The summed E-state index contributed by atoms with van der Waals surface area (Å²) in [6.07, 6.45) is 0.750. The summed E-state index contributed by atoms with van der Waals surface area (Å²) in [6.45, 7) is 4.16. The first-order valence-electron chi connectivity index (χ1n) is 9.99. The van der Waals surface area contributed by atoms with Gasteiger partial charge in [0.15, 0.2) is 0 Å². The number of anilines is 1. The van der Waals surface area contributed by atoms with Crippen LogP contribution in [-0.2, 0) is 10.0 Å². The highest BCUT2D eigenvalue weighted by Crippen LogP contribution is 2.23. The SMILES string of the molecule is CC(C)CC(NC(=O)c1cccc(S(=O)(=O)Nc2ccc(F)cc2)c1)c1ccccc1. The minimum absolute atomic E-state index is 0.0513. The molecule has 3 rings (SSSR count). The van der Waals surface area contributed by atoms with Gasteiger partial charge in [-0.1, -0.05) is 50.2 Å². The molecule has 1 amide bonds. The maximum Gasteiger partial charge on any atom is 0.261 e. The third kappa shape index (κ3) is 6.15. The van der Waals surface area contributed by atoms with Gasteiger partial charge in [-0.3, -0.25) is 9.52 Å². The fraction of sp³-hybridized carbons (Fsp3) is 0.208. The normalized spacial score (nSPS) is 12.4. The summed E-state index contributed by atoms with van der Waals surface area (Å²) in [4.78, 5) is 12.9. The van der Waals surface area contributed by atoms with Crippen LogP contribution in [0.3, 0.4) is 0 Å². The van der Waals surface area contributed by atoms with Crippen LogP contribution < -0.4 is 10.0 Å². The number of carbonyl (C=O) groups excluding carboxylic acids is 1. The number of benzene rings is 3. The molecule has 162 valence electrons. The van der Waals surface area contributed by atoms with E-state index in [1.165, 1.54) is 42.5 Å². The summed E-state index contributed by atoms with van der Waals surface area (Å²) in [5, 5.41) is 3.02. The molecular formula is C24H25FN2O3S. The third-order valence-corrected chi connectivity index (χ3v) is 6.10. The summed E-state index contributed by atoms with van der Waals surface area (Å²) >= 11 is 0. The largest absolute Gasteiger partial charge is 0.345 e. The van der Waals surface area contributed by atoms with Gasteiger partial charge in [0, 0.05) is 11.3 Å². The van der Waals surface area contributed by atoms with Crippen molar-refractivity contribution in [3.63, 3.8) is 0 Å². The molecule has 0 spiro atoms. The standard InChI is InChI=1S/C24H25FN2O3S/c1-17(2)15-23(18-7-4-3-5-8-18)26-24(28)19-9-6-10-22(16-19)31(29,30)27-21-13-11-20(25)12-14-21/h3-14,16-17,23,27H,15H2,1-2H3,(H,26,28). The molecule has 0 fully saturated rings. The number of hydrogen-bond acceptors (Lipinski definition) is 3. The molecule has 0 heterocycles. The Morgan fingerprint density at radius 3 is 2.26 bits per heavy atom. The predicted octanol–water partition coefficient (Wildman–Crippen LogP) is 5.14. The average molecular weight is 441 g/mol. The second-order valence-corrected chi connectivity index (χ2v) is 9.39. The predicted molar refractivity (Wildman–Crippen MR) is 120 cm³/mol. The maximum atomic E-state index is 13.1. The molecule has 1 unspecified atom stereocenters. The van der Waals surface area contributed by atoms with Crippen molar-refractivity contribution in [1.29, 1.82) is 0 Å². The molecular weight excluding hydrogens is 415 g/mol. The topological polar surface area (TPSA) is 75.3 Å². The lowest BCUT2D eigenvalue weighted by atomic mass is 9.96. The summed E-state index contributed by atoms with van der Waals surface area (Å²) < 4.78 is 40.9. The lowest BCUT2D eigenvalue weighted by Gasteiger charge is -2.21. The van der Waals surface area contributed by atoms with Crippen LogP contribution in [0.4, 0.5) is 10.1 Å². The number of halogens is 1. The van der Waals surface area contributed by atoms with Crippen LogP contribution in [0.2, 0.25) is 0 Å². The molecule has 3 aromatic carbocycles. The Balaban J connectivity index is 1.80. The van der Waals surface area contributed by atoms with Gasteiger partial charge < -0.3 is 5.32 Å². The lowest BCUT2D eigenvalue weighted by molar-refractivity contribution is 0.0931. The first-order chi connectivity index (χ1) is 14.7. The molecule has 0 radical (unpaired) electrons. The van der Waals surface area contributed by atoms with E-state index in [1.807, 2.05) is 30.3 Å². The summed E-state index contributed by atoms with van der Waals surface area (Å²) in [5.74, 6) is -0.457. The molecule has 3 aromatic rings. The van der Waals surface area contributed by atoms with Crippen LogP contribution in [0.15, 0.2) is 83.8 Å². The van der Waals surface area contributed by atoms with Crippen molar-refractivity contribution >= 4 is 21.6 Å². The molecule has 1 atom stereocenters. The number of amides is 1. The molecule has 0 aliphatic heterocycles. The second kappa shape index (κ2) is 9.75. The molecule has 31 heavy (non-hydrogen) atoms. The van der Waals surface area contributed by atoms with Crippen molar-refractivity contribution in [3.05, 3.63) is 95.8 Å². The van der Waals surface area contributed by atoms with Gasteiger partial charge in [0.25, 0.3) is 15.9 Å². The zero-order valence-electron chi connectivity index (χ0n) is 17.4. The van der Waals surface area contributed by atoms with E-state index in [-0.39, 0.29) is 28.1 Å². The van der Waals surface area contributed by atoms with Crippen molar-refractivity contribution in [1.82, 2.24) is 5.32 Å². The first kappa shape index (κ1) is 22.5. The maximum absolute atomic E-state index is 13.1. The molecule has 5 nitrogen and oxygen atoms in total. The minimum Gasteiger partial charge on any atom is -0.345 e. The van der Waals surface area contributed by atoms with E-state index >= 15 is 0 Å². The molecule has 0 aliphatic carbocycles. The Labute approximate surface area is 182 Å². The van der Waals surface area contributed by atoms with E-state index in [0.29, 0.717) is 5.92 Å². The zero-order chi connectivity index (χ0) is 22.4. The molecule has 0 saturated heterocycles. The summed E-state index contributed by atoms with van der Waals surface area (Å²) in [5.41, 5.74) is 1.47. The second-order valence-electron chi connectivity index (χ2n) is 7.71. The monoisotopic (exact) mass is 440 g/mol. The Morgan fingerprint density at radius 2 is 1.61 bits per heavy atom. The van der Waals surface area contributed by atoms with Crippen LogP contribution in [0.1, 0.15) is 42.2 Å². The first-order valence-corrected chi connectivity index (χ1v) is 11.5. The van der Waals surface area contributed by atoms with E-state index in [1.54, 1.807) is 6.07 Å². The van der Waals surface area contributed by atoms with E-state index < -0.39 is 15.8 Å². The van der Waals surface area contributed by atoms with Crippen LogP contribution in [0, 0.1) is 11.7 Å². The van der Waals surface area contributed by atoms with Gasteiger partial charge in [0.05, 0.1) is 10.9 Å². The summed E-state index contributed by atoms with van der Waals surface area (Å²) in [6, 6.07) is 20.3. The van der Waals surface area contributed by atoms with Crippen molar-refractivity contribution in [2.24, 2.45) is 5.92 Å². The Kier molecular flexibility index (Phi) is 7.07. The Bertz CT molecular complexity index is 1130. The van der Waals surface area contributed by atoms with Gasteiger partial charge in [0.2, 0.25) is 0 Å². The molecule has 0 saturated carbocycles. The van der Waals surface area contributed by atoms with Gasteiger partial charge in [-0.2, -0.15) is 0 Å².